The van der Waals surface area contributed by atoms with Gasteiger partial charge in [-0.25, -0.2) is 4.98 Å². The molecule has 2 heterocycles. The largest absolute Gasteiger partial charge is 0.355 e. The minimum absolute atomic E-state index is 0.869. The van der Waals surface area contributed by atoms with Crippen LogP contribution in [0.4, 0.5) is 5.82 Å². The maximum atomic E-state index is 4.61. The normalized spacial score (nSPS) is 10.7. The third-order valence-electron chi connectivity index (χ3n) is 2.81. The molecule has 0 spiro atoms. The first-order chi connectivity index (χ1) is 9.08. The summed E-state index contributed by atoms with van der Waals surface area (Å²) in [5.41, 5.74) is 3.63. The molecule has 0 atom stereocenters. The van der Waals surface area contributed by atoms with Crippen LogP contribution in [0.25, 0.3) is 0 Å². The number of rotatable bonds is 5. The Hall–Kier alpha value is -0.910. The fourth-order valence-electron chi connectivity index (χ4n) is 2.01. The summed E-state index contributed by atoms with van der Waals surface area (Å²) in [6.07, 6.45) is 0. The molecule has 19 heavy (non-hydrogen) atoms. The highest BCUT2D eigenvalue weighted by Crippen LogP contribution is 2.23. The van der Waals surface area contributed by atoms with E-state index in [1.807, 2.05) is 14.0 Å². The van der Waals surface area contributed by atoms with Crippen molar-refractivity contribution in [3.05, 3.63) is 44.2 Å². The number of nitrogens with one attached hydrogen (secondary N) is 1. The number of thiophene rings is 1. The molecule has 102 valence electrons. The van der Waals surface area contributed by atoms with Gasteiger partial charge in [0.1, 0.15) is 5.82 Å². The molecule has 5 heteroatoms. The van der Waals surface area contributed by atoms with Gasteiger partial charge < -0.3 is 10.2 Å². The molecule has 2 rings (SSSR count). The molecule has 0 amide bonds. The smallest absolute Gasteiger partial charge is 0.129 e. The van der Waals surface area contributed by atoms with Gasteiger partial charge in [-0.3, -0.25) is 0 Å². The zero-order valence-electron chi connectivity index (χ0n) is 11.4. The van der Waals surface area contributed by atoms with Crippen molar-refractivity contribution in [2.45, 2.75) is 20.0 Å². The monoisotopic (exact) mass is 339 g/mol. The molecule has 0 aromatic carbocycles. The Bertz CT molecular complexity index is 553. The Balaban J connectivity index is 2.15. The van der Waals surface area contributed by atoms with Gasteiger partial charge in [0.15, 0.2) is 0 Å². The number of hydrogen-bond donors (Lipinski definition) is 1. The molecular weight excluding hydrogens is 322 g/mol. The second-order valence-corrected chi connectivity index (χ2v) is 6.91. The molecule has 0 bridgehead atoms. The summed E-state index contributed by atoms with van der Waals surface area (Å²) in [4.78, 5) is 6.79. The fourth-order valence-corrected chi connectivity index (χ4v) is 3.21. The van der Waals surface area contributed by atoms with Crippen molar-refractivity contribution in [1.29, 1.82) is 0 Å². The van der Waals surface area contributed by atoms with Crippen LogP contribution >= 0.6 is 27.3 Å². The summed E-state index contributed by atoms with van der Waals surface area (Å²) in [6.45, 7) is 3.78. The Morgan fingerprint density at radius 2 is 2.11 bits per heavy atom. The van der Waals surface area contributed by atoms with E-state index in [-0.39, 0.29) is 0 Å². The van der Waals surface area contributed by atoms with Crippen LogP contribution in [0.2, 0.25) is 0 Å². The van der Waals surface area contributed by atoms with E-state index in [0.717, 1.165) is 24.6 Å². The van der Waals surface area contributed by atoms with Gasteiger partial charge in [0.05, 0.1) is 3.79 Å². The van der Waals surface area contributed by atoms with E-state index < -0.39 is 0 Å². The van der Waals surface area contributed by atoms with E-state index in [1.165, 1.54) is 14.9 Å². The molecular formula is C14H18BrN3S. The predicted molar refractivity (Wildman–Crippen MR) is 85.9 cm³/mol. The molecule has 3 nitrogen and oxygen atoms in total. The van der Waals surface area contributed by atoms with Gasteiger partial charge in [-0.2, -0.15) is 0 Å². The standard InChI is InChI=1S/C14H18BrN3S/c1-10-4-11(7-16-2)6-14(17-10)18(3)8-12-5-13(15)19-9-12/h4-6,9,16H,7-8H2,1-3H3. The van der Waals surface area contributed by atoms with Crippen molar-refractivity contribution >= 4 is 33.1 Å². The average Bonchev–Trinajstić information content (AvgIpc) is 2.74. The van der Waals surface area contributed by atoms with Crippen LogP contribution in [0.1, 0.15) is 16.8 Å². The Kier molecular flexibility index (Phi) is 4.96. The first-order valence-electron chi connectivity index (χ1n) is 6.14. The van der Waals surface area contributed by atoms with Crippen LogP contribution in [-0.2, 0) is 13.1 Å². The zero-order chi connectivity index (χ0) is 13.8. The van der Waals surface area contributed by atoms with Crippen LogP contribution in [0, 0.1) is 6.92 Å². The van der Waals surface area contributed by atoms with Crippen LogP contribution in [0.3, 0.4) is 0 Å². The van der Waals surface area contributed by atoms with Gasteiger partial charge in [0, 0.05) is 25.8 Å². The third-order valence-corrected chi connectivity index (χ3v) is 4.37. The van der Waals surface area contributed by atoms with Crippen molar-refractivity contribution in [2.75, 3.05) is 19.0 Å². The molecule has 0 unspecified atom stereocenters. The Morgan fingerprint density at radius 1 is 1.32 bits per heavy atom. The summed E-state index contributed by atoms with van der Waals surface area (Å²) in [6, 6.07) is 6.42. The van der Waals surface area contributed by atoms with Gasteiger partial charge in [-0.05, 0) is 64.6 Å². The lowest BCUT2D eigenvalue weighted by Crippen LogP contribution is -2.18. The number of nitrogens with zero attached hydrogens (tertiary/aromatic N) is 2. The quantitative estimate of drug-likeness (QED) is 0.902. The first-order valence-corrected chi connectivity index (χ1v) is 7.82. The number of aryl methyl sites for hydroxylation is 1. The van der Waals surface area contributed by atoms with E-state index in [0.29, 0.717) is 0 Å². The predicted octanol–water partition coefficient (Wildman–Crippen LogP) is 3.57. The summed E-state index contributed by atoms with van der Waals surface area (Å²) in [5.74, 6) is 1.02. The Labute approximate surface area is 126 Å². The maximum absolute atomic E-state index is 4.61. The topological polar surface area (TPSA) is 28.2 Å². The number of halogens is 1. The van der Waals surface area contributed by atoms with Crippen LogP contribution in [-0.4, -0.2) is 19.1 Å². The van der Waals surface area contributed by atoms with Gasteiger partial charge in [-0.15, -0.1) is 11.3 Å². The van der Waals surface area contributed by atoms with E-state index in [1.54, 1.807) is 11.3 Å². The van der Waals surface area contributed by atoms with E-state index in [9.17, 15) is 0 Å². The molecule has 1 N–H and O–H groups in total. The molecule has 0 aliphatic heterocycles. The fraction of sp³-hybridized carbons (Fsp3) is 0.357. The van der Waals surface area contributed by atoms with Crippen LogP contribution in [0.15, 0.2) is 27.4 Å². The van der Waals surface area contributed by atoms with E-state index in [2.05, 4.69) is 61.8 Å². The maximum Gasteiger partial charge on any atom is 0.129 e. The van der Waals surface area contributed by atoms with Crippen molar-refractivity contribution in [1.82, 2.24) is 10.3 Å². The second kappa shape index (κ2) is 6.50. The minimum atomic E-state index is 0.869. The first kappa shape index (κ1) is 14.5. The van der Waals surface area contributed by atoms with Gasteiger partial charge in [0.25, 0.3) is 0 Å². The van der Waals surface area contributed by atoms with Gasteiger partial charge in [-0.1, -0.05) is 0 Å². The molecule has 2 aromatic rings. The lowest BCUT2D eigenvalue weighted by Gasteiger charge is -2.19. The van der Waals surface area contributed by atoms with Crippen molar-refractivity contribution < 1.29 is 0 Å². The summed E-state index contributed by atoms with van der Waals surface area (Å²) < 4.78 is 1.17. The number of pyridine rings is 1. The summed E-state index contributed by atoms with van der Waals surface area (Å²) in [7, 11) is 4.04. The minimum Gasteiger partial charge on any atom is -0.355 e. The molecule has 0 fully saturated rings. The molecule has 0 radical (unpaired) electrons. The van der Waals surface area contributed by atoms with Crippen LogP contribution < -0.4 is 10.2 Å². The molecule has 2 aromatic heterocycles. The molecule has 0 saturated heterocycles. The highest BCUT2D eigenvalue weighted by Gasteiger charge is 2.07. The highest BCUT2D eigenvalue weighted by atomic mass is 79.9. The average molecular weight is 340 g/mol. The van der Waals surface area contributed by atoms with Crippen molar-refractivity contribution in [3.63, 3.8) is 0 Å². The lowest BCUT2D eigenvalue weighted by atomic mass is 10.2. The Morgan fingerprint density at radius 3 is 2.74 bits per heavy atom. The zero-order valence-corrected chi connectivity index (χ0v) is 13.8. The molecule has 0 saturated carbocycles. The number of hydrogen-bond acceptors (Lipinski definition) is 4. The van der Waals surface area contributed by atoms with Gasteiger partial charge >= 0.3 is 0 Å². The highest BCUT2D eigenvalue weighted by molar-refractivity contribution is 9.11. The molecule has 0 aliphatic carbocycles. The third kappa shape index (κ3) is 4.03. The number of aromatic nitrogens is 1. The van der Waals surface area contributed by atoms with Crippen LogP contribution in [0.5, 0.6) is 0 Å². The lowest BCUT2D eigenvalue weighted by molar-refractivity contribution is 0.809. The van der Waals surface area contributed by atoms with Crippen molar-refractivity contribution in [3.8, 4) is 0 Å². The van der Waals surface area contributed by atoms with E-state index in [4.69, 9.17) is 0 Å². The molecule has 0 aliphatic rings. The number of anilines is 1. The summed E-state index contributed by atoms with van der Waals surface area (Å²) >= 11 is 5.21. The second-order valence-electron chi connectivity index (χ2n) is 4.62. The van der Waals surface area contributed by atoms with Gasteiger partial charge in [0.2, 0.25) is 0 Å². The van der Waals surface area contributed by atoms with Crippen molar-refractivity contribution in [2.24, 2.45) is 0 Å². The van der Waals surface area contributed by atoms with E-state index >= 15 is 0 Å². The SMILES string of the molecule is CNCc1cc(C)nc(N(C)Cc2csc(Br)c2)c1. The summed E-state index contributed by atoms with van der Waals surface area (Å²) in [5, 5.41) is 5.35.